The molecule has 0 aliphatic carbocycles. The first kappa shape index (κ1) is 14.6. The van der Waals surface area contributed by atoms with E-state index in [0.29, 0.717) is 33.0 Å². The fourth-order valence-corrected chi connectivity index (χ4v) is 2.64. The number of rotatable bonds is 2. The quantitative estimate of drug-likeness (QED) is 0.553. The number of aromatic hydroxyl groups is 1. The smallest absolute Gasteiger partial charge is 0.234 e. The molecule has 1 N–H and O–H groups in total. The van der Waals surface area contributed by atoms with E-state index in [2.05, 4.69) is 24.4 Å². The Morgan fingerprint density at radius 2 is 2.22 bits per heavy atom. The van der Waals surface area contributed by atoms with Crippen molar-refractivity contribution in [2.45, 2.75) is 6.92 Å². The fraction of sp³-hybridized carbons (Fsp3) is 0.0667. The summed E-state index contributed by atoms with van der Waals surface area (Å²) in [4.78, 5) is 7.64. The highest BCUT2D eigenvalue weighted by atomic mass is 32.1. The molecule has 8 heteroatoms. The molecular weight excluding hydrogens is 312 g/mol. The maximum atomic E-state index is 9.47. The zero-order chi connectivity index (χ0) is 16.4. The van der Waals surface area contributed by atoms with Crippen LogP contribution in [0, 0.1) is 24.8 Å². The number of nitriles is 1. The lowest BCUT2D eigenvalue weighted by Gasteiger charge is -1.97. The SMILES string of the molecule is [C-]#[N+]c1c(C)ncc2c(/N=N/c3ccc(O)c(C#N)c3)snc12. The predicted octanol–water partition coefficient (Wildman–Crippen LogP) is 4.54. The van der Waals surface area contributed by atoms with E-state index < -0.39 is 0 Å². The highest BCUT2D eigenvalue weighted by Crippen LogP contribution is 2.37. The summed E-state index contributed by atoms with van der Waals surface area (Å²) in [7, 11) is 0. The summed E-state index contributed by atoms with van der Waals surface area (Å²) in [6.07, 6.45) is 1.62. The number of fused-ring (bicyclic) bond motifs is 1. The van der Waals surface area contributed by atoms with Gasteiger partial charge in [-0.15, -0.1) is 10.2 Å². The second-order valence-electron chi connectivity index (χ2n) is 4.57. The molecule has 0 unspecified atom stereocenters. The third kappa shape index (κ3) is 2.59. The summed E-state index contributed by atoms with van der Waals surface area (Å²) in [5.41, 5.74) is 2.17. The molecule has 0 saturated heterocycles. The molecular formula is C15H8N6OS. The van der Waals surface area contributed by atoms with Gasteiger partial charge in [0.2, 0.25) is 5.69 Å². The molecule has 110 valence electrons. The Morgan fingerprint density at radius 1 is 1.39 bits per heavy atom. The number of aryl methyl sites for hydroxylation is 1. The molecule has 1 aromatic carbocycles. The van der Waals surface area contributed by atoms with Gasteiger partial charge >= 0.3 is 0 Å². The fourth-order valence-electron chi connectivity index (χ4n) is 1.95. The van der Waals surface area contributed by atoms with Gasteiger partial charge in [-0.25, -0.2) is 9.22 Å². The van der Waals surface area contributed by atoms with E-state index in [0.717, 1.165) is 11.5 Å². The third-order valence-corrected chi connectivity index (χ3v) is 3.88. The van der Waals surface area contributed by atoms with Gasteiger partial charge in [-0.2, -0.15) is 5.26 Å². The Bertz CT molecular complexity index is 1020. The maximum Gasteiger partial charge on any atom is 0.234 e. The van der Waals surface area contributed by atoms with Gasteiger partial charge in [0.05, 0.1) is 23.3 Å². The van der Waals surface area contributed by atoms with E-state index >= 15 is 0 Å². The third-order valence-electron chi connectivity index (χ3n) is 3.13. The molecule has 0 aliphatic heterocycles. The van der Waals surface area contributed by atoms with Crippen molar-refractivity contribution in [3.05, 3.63) is 47.1 Å². The van der Waals surface area contributed by atoms with Crippen molar-refractivity contribution in [3.8, 4) is 11.8 Å². The van der Waals surface area contributed by atoms with Crippen molar-refractivity contribution in [2.24, 2.45) is 10.2 Å². The molecule has 0 bridgehead atoms. The molecule has 0 radical (unpaired) electrons. The monoisotopic (exact) mass is 320 g/mol. The number of pyridine rings is 1. The molecule has 0 fully saturated rings. The van der Waals surface area contributed by atoms with Gasteiger partial charge in [0.25, 0.3) is 0 Å². The zero-order valence-corrected chi connectivity index (χ0v) is 12.7. The Morgan fingerprint density at radius 3 is 2.96 bits per heavy atom. The number of hydrogen-bond acceptors (Lipinski definition) is 7. The van der Waals surface area contributed by atoms with E-state index in [-0.39, 0.29) is 11.3 Å². The minimum Gasteiger partial charge on any atom is -0.507 e. The average Bonchev–Trinajstić information content (AvgIpc) is 2.97. The molecule has 0 aliphatic rings. The minimum absolute atomic E-state index is 0.101. The van der Waals surface area contributed by atoms with Gasteiger partial charge in [-0.05, 0) is 36.7 Å². The van der Waals surface area contributed by atoms with Crippen LogP contribution in [0.2, 0.25) is 0 Å². The molecule has 2 aromatic heterocycles. The summed E-state index contributed by atoms with van der Waals surface area (Å²) in [5, 5.41) is 27.7. The first-order valence-electron chi connectivity index (χ1n) is 6.41. The van der Waals surface area contributed by atoms with Gasteiger partial charge in [0.15, 0.2) is 5.00 Å². The molecule has 3 aromatic rings. The normalized spacial score (nSPS) is 10.7. The number of aromatic nitrogens is 2. The Hall–Kier alpha value is -3.36. The molecule has 0 atom stereocenters. The van der Waals surface area contributed by atoms with E-state index in [4.69, 9.17) is 11.8 Å². The van der Waals surface area contributed by atoms with E-state index in [9.17, 15) is 5.11 Å². The second-order valence-corrected chi connectivity index (χ2v) is 5.32. The number of benzene rings is 1. The van der Waals surface area contributed by atoms with Crippen LogP contribution in [0.1, 0.15) is 11.3 Å². The standard InChI is InChI=1S/C15H8N6OS/c1-8-13(17-2)14-11(7-18-8)15(23-21-14)20-19-10-3-4-12(22)9(5-10)6-16/h3-5,7,22H,1H3/b20-19+. The average molecular weight is 320 g/mol. The first-order chi connectivity index (χ1) is 11.1. The van der Waals surface area contributed by atoms with Crippen LogP contribution in [0.3, 0.4) is 0 Å². The molecule has 2 heterocycles. The lowest BCUT2D eigenvalue weighted by atomic mass is 10.2. The van der Waals surface area contributed by atoms with Crippen LogP contribution >= 0.6 is 11.5 Å². The Labute approximate surface area is 135 Å². The number of hydrogen-bond donors (Lipinski definition) is 1. The number of phenols is 1. The number of phenolic OH excluding ortho intramolecular Hbond substituents is 1. The van der Waals surface area contributed by atoms with Crippen molar-refractivity contribution < 1.29 is 5.11 Å². The van der Waals surface area contributed by atoms with Crippen molar-refractivity contribution >= 4 is 38.8 Å². The van der Waals surface area contributed by atoms with Crippen LogP contribution in [0.15, 0.2) is 34.6 Å². The highest BCUT2D eigenvalue weighted by Gasteiger charge is 2.13. The summed E-state index contributed by atoms with van der Waals surface area (Å²) >= 11 is 1.13. The van der Waals surface area contributed by atoms with Crippen molar-refractivity contribution in [3.63, 3.8) is 0 Å². The molecule has 23 heavy (non-hydrogen) atoms. The topological polar surface area (TPSA) is 98.9 Å². The van der Waals surface area contributed by atoms with Gasteiger partial charge < -0.3 is 5.11 Å². The van der Waals surface area contributed by atoms with Crippen molar-refractivity contribution in [1.82, 2.24) is 9.36 Å². The van der Waals surface area contributed by atoms with Crippen LogP contribution in [0.25, 0.3) is 15.7 Å². The lowest BCUT2D eigenvalue weighted by Crippen LogP contribution is -1.80. The van der Waals surface area contributed by atoms with Crippen LogP contribution in [0.5, 0.6) is 5.75 Å². The number of nitrogens with zero attached hydrogens (tertiary/aromatic N) is 6. The Balaban J connectivity index is 2.03. The molecule has 7 nitrogen and oxygen atoms in total. The second kappa shape index (κ2) is 5.79. The zero-order valence-electron chi connectivity index (χ0n) is 11.8. The predicted molar refractivity (Wildman–Crippen MR) is 85.4 cm³/mol. The molecule has 0 spiro atoms. The van der Waals surface area contributed by atoms with Gasteiger partial charge in [0.1, 0.15) is 11.8 Å². The van der Waals surface area contributed by atoms with Crippen molar-refractivity contribution in [2.75, 3.05) is 0 Å². The molecule has 3 rings (SSSR count). The highest BCUT2D eigenvalue weighted by molar-refractivity contribution is 7.11. The van der Waals surface area contributed by atoms with Crippen molar-refractivity contribution in [1.29, 1.82) is 5.26 Å². The van der Waals surface area contributed by atoms with Crippen LogP contribution in [0.4, 0.5) is 16.4 Å². The van der Waals surface area contributed by atoms with E-state index in [1.807, 2.05) is 6.07 Å². The molecule has 0 saturated carbocycles. The molecule has 0 amide bonds. The van der Waals surface area contributed by atoms with Crippen LogP contribution in [-0.2, 0) is 0 Å². The summed E-state index contributed by atoms with van der Waals surface area (Å²) < 4.78 is 4.25. The van der Waals surface area contributed by atoms with Gasteiger partial charge in [-0.3, -0.25) is 4.98 Å². The van der Waals surface area contributed by atoms with E-state index in [1.165, 1.54) is 12.1 Å². The van der Waals surface area contributed by atoms with Crippen LogP contribution in [-0.4, -0.2) is 14.5 Å². The summed E-state index contributed by atoms with van der Waals surface area (Å²) in [6, 6.07) is 6.25. The largest absolute Gasteiger partial charge is 0.507 e. The van der Waals surface area contributed by atoms with E-state index in [1.54, 1.807) is 19.2 Å². The first-order valence-corrected chi connectivity index (χ1v) is 7.18. The summed E-state index contributed by atoms with van der Waals surface area (Å²) in [6.45, 7) is 8.98. The summed E-state index contributed by atoms with van der Waals surface area (Å²) in [5.74, 6) is -0.101. The number of azo groups is 1. The Kier molecular flexibility index (Phi) is 3.67. The maximum absolute atomic E-state index is 9.47. The minimum atomic E-state index is -0.101. The van der Waals surface area contributed by atoms with Crippen LogP contribution < -0.4 is 0 Å². The van der Waals surface area contributed by atoms with Gasteiger partial charge in [0, 0.05) is 17.3 Å². The lowest BCUT2D eigenvalue weighted by molar-refractivity contribution is 0.473. The van der Waals surface area contributed by atoms with Gasteiger partial charge in [-0.1, -0.05) is 0 Å².